The number of primary amides is 1. The highest BCUT2D eigenvalue weighted by Gasteiger charge is 2.26. The molecule has 2 amide bonds. The first kappa shape index (κ1) is 18.6. The molecule has 138 valence electrons. The third kappa shape index (κ3) is 4.14. The van der Waals surface area contributed by atoms with Gasteiger partial charge in [-0.1, -0.05) is 37.6 Å². The number of nitrogens with two attached hydrogens (primary N) is 1. The van der Waals surface area contributed by atoms with E-state index in [-0.39, 0.29) is 5.91 Å². The number of anilines is 1. The van der Waals surface area contributed by atoms with Gasteiger partial charge >= 0.3 is 0 Å². The van der Waals surface area contributed by atoms with Crippen LogP contribution in [0.4, 0.5) is 5.00 Å². The molecule has 0 spiro atoms. The Balaban J connectivity index is 1.82. The van der Waals surface area contributed by atoms with E-state index in [1.165, 1.54) is 16.9 Å². The first-order chi connectivity index (χ1) is 12.6. The van der Waals surface area contributed by atoms with E-state index in [1.54, 1.807) is 0 Å². The summed E-state index contributed by atoms with van der Waals surface area (Å²) < 4.78 is 5.40. The molecule has 3 rings (SSSR count). The largest absolute Gasteiger partial charge is 0.368 e. The number of thiophene rings is 1. The Kier molecular flexibility index (Phi) is 6.06. The number of unbranched alkanes of at least 4 members (excludes halogenated alkanes) is 1. The van der Waals surface area contributed by atoms with Crippen LogP contribution in [0.15, 0.2) is 29.6 Å². The smallest absolute Gasteiger partial charge is 0.254 e. The van der Waals surface area contributed by atoms with Crippen molar-refractivity contribution >= 4 is 28.2 Å². The van der Waals surface area contributed by atoms with Crippen LogP contribution in [-0.2, 0) is 16.0 Å². The quantitative estimate of drug-likeness (QED) is 0.771. The Bertz CT molecular complexity index is 777. The number of rotatable bonds is 7. The van der Waals surface area contributed by atoms with Gasteiger partial charge in [0.05, 0.1) is 5.56 Å². The molecule has 0 aliphatic carbocycles. The highest BCUT2D eigenvalue weighted by atomic mass is 32.1. The van der Waals surface area contributed by atoms with E-state index in [0.717, 1.165) is 36.8 Å². The summed E-state index contributed by atoms with van der Waals surface area (Å²) in [4.78, 5) is 24.3. The summed E-state index contributed by atoms with van der Waals surface area (Å²) in [5.74, 6) is -0.757. The molecule has 1 aromatic carbocycles. The first-order valence-electron chi connectivity index (χ1n) is 9.03. The molecule has 1 aliphatic heterocycles. The normalized spacial score (nSPS) is 16.6. The number of ether oxygens (including phenoxy) is 1. The van der Waals surface area contributed by atoms with E-state index in [9.17, 15) is 9.59 Å². The molecule has 1 unspecified atom stereocenters. The average Bonchev–Trinajstić information content (AvgIpc) is 3.30. The molecule has 1 fully saturated rings. The topological polar surface area (TPSA) is 81.4 Å². The highest BCUT2D eigenvalue weighted by Crippen LogP contribution is 2.36. The zero-order valence-corrected chi connectivity index (χ0v) is 15.7. The molecule has 0 saturated carbocycles. The number of hydrogen-bond acceptors (Lipinski definition) is 4. The van der Waals surface area contributed by atoms with Crippen LogP contribution in [-0.4, -0.2) is 24.5 Å². The van der Waals surface area contributed by atoms with E-state index in [4.69, 9.17) is 10.5 Å². The van der Waals surface area contributed by atoms with Crippen LogP contribution in [0, 0.1) is 0 Å². The maximum absolute atomic E-state index is 12.3. The Morgan fingerprint density at radius 1 is 1.31 bits per heavy atom. The number of amides is 2. The van der Waals surface area contributed by atoms with Crippen molar-refractivity contribution in [2.24, 2.45) is 5.73 Å². The van der Waals surface area contributed by atoms with Gasteiger partial charge in [-0.2, -0.15) is 0 Å². The third-order valence-corrected chi connectivity index (χ3v) is 5.48. The van der Waals surface area contributed by atoms with Crippen molar-refractivity contribution in [3.63, 3.8) is 0 Å². The Morgan fingerprint density at radius 3 is 2.69 bits per heavy atom. The predicted octanol–water partition coefficient (Wildman–Crippen LogP) is 3.97. The number of hydrogen-bond donors (Lipinski definition) is 2. The van der Waals surface area contributed by atoms with Crippen LogP contribution in [0.2, 0.25) is 0 Å². The van der Waals surface area contributed by atoms with Gasteiger partial charge in [-0.3, -0.25) is 9.59 Å². The zero-order chi connectivity index (χ0) is 18.5. The molecule has 1 saturated heterocycles. The molecule has 6 heteroatoms. The van der Waals surface area contributed by atoms with Gasteiger partial charge in [-0.05, 0) is 36.8 Å². The van der Waals surface area contributed by atoms with Crippen molar-refractivity contribution in [2.75, 3.05) is 11.9 Å². The summed E-state index contributed by atoms with van der Waals surface area (Å²) in [7, 11) is 0. The van der Waals surface area contributed by atoms with Crippen LogP contribution < -0.4 is 11.1 Å². The number of aryl methyl sites for hydroxylation is 1. The maximum Gasteiger partial charge on any atom is 0.254 e. The molecule has 1 aliphatic rings. The molecule has 0 bridgehead atoms. The van der Waals surface area contributed by atoms with E-state index in [2.05, 4.69) is 24.4 Å². The molecule has 5 nitrogen and oxygen atoms in total. The fourth-order valence-electron chi connectivity index (χ4n) is 3.12. The minimum atomic E-state index is -0.543. The van der Waals surface area contributed by atoms with Crippen molar-refractivity contribution in [2.45, 2.75) is 45.1 Å². The molecule has 26 heavy (non-hydrogen) atoms. The van der Waals surface area contributed by atoms with Crippen LogP contribution in [0.1, 0.15) is 48.5 Å². The summed E-state index contributed by atoms with van der Waals surface area (Å²) in [5.41, 5.74) is 8.93. The van der Waals surface area contributed by atoms with Crippen LogP contribution >= 0.6 is 11.3 Å². The summed E-state index contributed by atoms with van der Waals surface area (Å²) in [6.45, 7) is 2.77. The number of carbonyl (C=O) groups excluding carboxylic acids is 2. The van der Waals surface area contributed by atoms with E-state index < -0.39 is 12.0 Å². The second kappa shape index (κ2) is 8.47. The number of carbonyl (C=O) groups is 2. The van der Waals surface area contributed by atoms with Gasteiger partial charge in [0.25, 0.3) is 11.8 Å². The maximum atomic E-state index is 12.3. The summed E-state index contributed by atoms with van der Waals surface area (Å²) >= 11 is 1.32. The molecule has 0 radical (unpaired) electrons. The van der Waals surface area contributed by atoms with Gasteiger partial charge in [0.1, 0.15) is 11.1 Å². The standard InChI is InChI=1S/C20H24N2O3S/c1-2-3-5-13-7-9-14(10-8-13)15-12-26-20(17(15)18(21)23)22-19(24)16-6-4-11-25-16/h7-10,12,16H,2-6,11H2,1H3,(H2,21,23)(H,22,24). The Morgan fingerprint density at radius 2 is 2.08 bits per heavy atom. The fourth-order valence-corrected chi connectivity index (χ4v) is 4.09. The summed E-state index contributed by atoms with van der Waals surface area (Å²) in [5, 5.41) is 5.17. The minimum absolute atomic E-state index is 0.215. The molecule has 1 atom stereocenters. The van der Waals surface area contributed by atoms with Crippen molar-refractivity contribution in [3.05, 3.63) is 40.8 Å². The number of benzene rings is 1. The van der Waals surface area contributed by atoms with Crippen molar-refractivity contribution < 1.29 is 14.3 Å². The van der Waals surface area contributed by atoms with E-state index in [1.807, 2.05) is 17.5 Å². The molecule has 1 aromatic heterocycles. The van der Waals surface area contributed by atoms with Crippen LogP contribution in [0.25, 0.3) is 11.1 Å². The van der Waals surface area contributed by atoms with Gasteiger partial charge in [-0.25, -0.2) is 0 Å². The lowest BCUT2D eigenvalue weighted by Gasteiger charge is -2.10. The second-order valence-electron chi connectivity index (χ2n) is 6.51. The van der Waals surface area contributed by atoms with Crippen molar-refractivity contribution in [1.29, 1.82) is 0 Å². The molecular formula is C20H24N2O3S. The Labute approximate surface area is 157 Å². The first-order valence-corrected chi connectivity index (χ1v) is 9.91. The monoisotopic (exact) mass is 372 g/mol. The van der Waals surface area contributed by atoms with Crippen LogP contribution in [0.3, 0.4) is 0 Å². The third-order valence-electron chi connectivity index (χ3n) is 4.58. The minimum Gasteiger partial charge on any atom is -0.368 e. The number of nitrogens with one attached hydrogen (secondary N) is 1. The van der Waals surface area contributed by atoms with Crippen LogP contribution in [0.5, 0.6) is 0 Å². The second-order valence-corrected chi connectivity index (χ2v) is 7.39. The lowest BCUT2D eigenvalue weighted by molar-refractivity contribution is -0.124. The lowest BCUT2D eigenvalue weighted by Crippen LogP contribution is -2.27. The van der Waals surface area contributed by atoms with E-state index >= 15 is 0 Å². The zero-order valence-electron chi connectivity index (χ0n) is 14.9. The van der Waals surface area contributed by atoms with Gasteiger partial charge in [0.2, 0.25) is 0 Å². The van der Waals surface area contributed by atoms with Gasteiger partial charge in [-0.15, -0.1) is 11.3 Å². The average molecular weight is 372 g/mol. The van der Waals surface area contributed by atoms with Gasteiger partial charge < -0.3 is 15.8 Å². The van der Waals surface area contributed by atoms with Crippen molar-refractivity contribution in [1.82, 2.24) is 0 Å². The molecule has 3 N–H and O–H groups in total. The van der Waals surface area contributed by atoms with Gasteiger partial charge in [0, 0.05) is 17.6 Å². The molecular weight excluding hydrogens is 348 g/mol. The SMILES string of the molecule is CCCCc1ccc(-c2csc(NC(=O)C3CCCO3)c2C(N)=O)cc1. The lowest BCUT2D eigenvalue weighted by atomic mass is 10.0. The van der Waals surface area contributed by atoms with Gasteiger partial charge in [0.15, 0.2) is 0 Å². The van der Waals surface area contributed by atoms with E-state index in [0.29, 0.717) is 23.6 Å². The Hall–Kier alpha value is -2.18. The molecule has 2 heterocycles. The summed E-state index contributed by atoms with van der Waals surface area (Å²) in [6.07, 6.45) is 4.50. The highest BCUT2D eigenvalue weighted by molar-refractivity contribution is 7.15. The fraction of sp³-hybridized carbons (Fsp3) is 0.400. The predicted molar refractivity (Wildman–Crippen MR) is 104 cm³/mol. The van der Waals surface area contributed by atoms with Crippen molar-refractivity contribution in [3.8, 4) is 11.1 Å². The summed E-state index contributed by atoms with van der Waals surface area (Å²) in [6, 6.07) is 8.17. The molecule has 2 aromatic rings.